The van der Waals surface area contributed by atoms with Crippen molar-refractivity contribution in [3.63, 3.8) is 0 Å². The van der Waals surface area contributed by atoms with Crippen molar-refractivity contribution in [1.82, 2.24) is 15.0 Å². The molecule has 0 bridgehead atoms. The molecule has 398 valence electrons. The summed E-state index contributed by atoms with van der Waals surface area (Å²) in [6.07, 6.45) is 0. The smallest absolute Gasteiger partial charge is 0.238 e. The van der Waals surface area contributed by atoms with Crippen LogP contribution in [0.3, 0.4) is 0 Å². The van der Waals surface area contributed by atoms with Gasteiger partial charge < -0.3 is 0 Å². The lowest BCUT2D eigenvalue weighted by molar-refractivity contribution is 0.627. The van der Waals surface area contributed by atoms with Crippen LogP contribution in [0.2, 0.25) is 0 Å². The molecule has 2 heterocycles. The van der Waals surface area contributed by atoms with E-state index in [0.717, 1.165) is 72.4 Å². The zero-order valence-electron chi connectivity index (χ0n) is 47.6. The van der Waals surface area contributed by atoms with E-state index in [2.05, 4.69) is 300 Å². The number of anilines is 3. The fraction of sp³-hybridized carbons (Fsp3) is 0.0875. The molecule has 0 radical (unpaired) electrons. The predicted molar refractivity (Wildman–Crippen MR) is 352 cm³/mol. The summed E-state index contributed by atoms with van der Waals surface area (Å²) in [5.41, 5.74) is 20.7. The first kappa shape index (κ1) is 49.5. The Labute approximate surface area is 490 Å². The second kappa shape index (κ2) is 18.9. The van der Waals surface area contributed by atoms with Gasteiger partial charge in [0.15, 0.2) is 11.6 Å². The van der Waals surface area contributed by atoms with E-state index in [1.54, 1.807) is 0 Å². The molecule has 2 aliphatic rings. The second-order valence-electron chi connectivity index (χ2n) is 24.1. The number of aromatic nitrogens is 3. The number of hydrogen-bond acceptors (Lipinski definition) is 4. The molecule has 84 heavy (non-hydrogen) atoms. The zero-order valence-corrected chi connectivity index (χ0v) is 47.6. The Bertz CT molecular complexity index is 4750. The fourth-order valence-electron chi connectivity index (χ4n) is 13.8. The van der Waals surface area contributed by atoms with Crippen LogP contribution < -0.4 is 4.90 Å². The summed E-state index contributed by atoms with van der Waals surface area (Å²) in [7, 11) is 0. The standard InChI is InChI=1S/C80H58N4/c1-49-34-35-64-65(36-49)62-32-20-21-33-63(62)66-45-68-69-47-73-75(48-71(69)79(2,3)70(68)46-67(64)66)84(74-44-55-31-19-18-30-54(55)43-72(74)80(73,4)5)78-82-76(60-39-56(50-22-10-6-11-23-50)37-57(40-60)51-24-12-7-13-25-51)81-77(83-78)61-41-58(52-26-14-8-15-27-52)38-59(42-61)53-28-16-9-17-29-53/h6-48H,1-5H3. The number of nitrogens with zero attached hydrogens (tertiary/aromatic N) is 4. The van der Waals surface area contributed by atoms with Crippen LogP contribution in [0, 0.1) is 6.92 Å². The zero-order chi connectivity index (χ0) is 56.4. The average molecular weight is 1080 g/mol. The van der Waals surface area contributed by atoms with E-state index >= 15 is 0 Å². The lowest BCUT2D eigenvalue weighted by Crippen LogP contribution is -2.32. The van der Waals surface area contributed by atoms with Gasteiger partial charge in [0.05, 0.1) is 11.4 Å². The monoisotopic (exact) mass is 1070 g/mol. The highest BCUT2D eigenvalue weighted by atomic mass is 15.3. The van der Waals surface area contributed by atoms with Crippen LogP contribution in [0.15, 0.2) is 261 Å². The summed E-state index contributed by atoms with van der Waals surface area (Å²) in [6, 6.07) is 95.6. The topological polar surface area (TPSA) is 41.9 Å². The molecule has 0 unspecified atom stereocenters. The number of hydrogen-bond donors (Lipinski definition) is 0. The third-order valence-corrected chi connectivity index (χ3v) is 18.2. The fourth-order valence-corrected chi connectivity index (χ4v) is 13.8. The summed E-state index contributed by atoms with van der Waals surface area (Å²) in [6.45, 7) is 11.8. The van der Waals surface area contributed by atoms with Crippen molar-refractivity contribution in [3.8, 4) is 78.4 Å². The van der Waals surface area contributed by atoms with E-state index in [1.807, 2.05) is 0 Å². The molecule has 4 nitrogen and oxygen atoms in total. The lowest BCUT2D eigenvalue weighted by atomic mass is 9.71. The molecular weight excluding hydrogens is 1020 g/mol. The average Bonchev–Trinajstić information content (AvgIpc) is 2.14. The van der Waals surface area contributed by atoms with Crippen LogP contribution in [-0.4, -0.2) is 15.0 Å². The van der Waals surface area contributed by atoms with E-state index < -0.39 is 5.41 Å². The Hall–Kier alpha value is -10.3. The van der Waals surface area contributed by atoms with Crippen molar-refractivity contribution >= 4 is 60.4 Å². The quantitative estimate of drug-likeness (QED) is 0.149. The Balaban J connectivity index is 0.984. The molecule has 14 aromatic rings. The SMILES string of the molecule is Cc1ccc2c(c1)c1ccccc1c1cc3c(cc21)C(C)(C)c1cc2c(cc1-3)C(C)(C)c1cc3ccccc3cc1N2c1nc(-c2cc(-c3ccccc3)cc(-c3ccccc3)c2)nc(-c2cc(-c3ccccc3)cc(-c3ccccc3)c2)n1. The number of benzene rings is 13. The molecule has 13 aromatic carbocycles. The van der Waals surface area contributed by atoms with E-state index in [0.29, 0.717) is 17.6 Å². The van der Waals surface area contributed by atoms with Crippen LogP contribution in [0.1, 0.15) is 55.5 Å². The second-order valence-corrected chi connectivity index (χ2v) is 24.1. The van der Waals surface area contributed by atoms with Gasteiger partial charge in [-0.3, -0.25) is 4.90 Å². The van der Waals surface area contributed by atoms with Crippen molar-refractivity contribution in [3.05, 3.63) is 289 Å². The third-order valence-electron chi connectivity index (χ3n) is 18.2. The third kappa shape index (κ3) is 7.92. The Morgan fingerprint density at radius 3 is 1.18 bits per heavy atom. The Morgan fingerprint density at radius 2 is 0.655 bits per heavy atom. The lowest BCUT2D eigenvalue weighted by Gasteiger charge is -2.42. The molecule has 0 fully saturated rings. The number of fused-ring (bicyclic) bond motifs is 12. The molecule has 1 aliphatic heterocycles. The van der Waals surface area contributed by atoms with Crippen molar-refractivity contribution < 1.29 is 0 Å². The first-order chi connectivity index (χ1) is 41.0. The van der Waals surface area contributed by atoms with Crippen LogP contribution in [0.25, 0.3) is 122 Å². The minimum Gasteiger partial charge on any atom is -0.278 e. The van der Waals surface area contributed by atoms with Crippen molar-refractivity contribution in [2.45, 2.75) is 45.4 Å². The maximum Gasteiger partial charge on any atom is 0.238 e. The van der Waals surface area contributed by atoms with Crippen molar-refractivity contribution in [2.24, 2.45) is 0 Å². The molecule has 0 saturated heterocycles. The van der Waals surface area contributed by atoms with Crippen LogP contribution >= 0.6 is 0 Å². The number of aryl methyl sites for hydroxylation is 1. The Morgan fingerprint density at radius 1 is 0.274 bits per heavy atom. The first-order valence-corrected chi connectivity index (χ1v) is 29.2. The summed E-state index contributed by atoms with van der Waals surface area (Å²) in [5.74, 6) is 1.72. The largest absolute Gasteiger partial charge is 0.278 e. The molecule has 16 rings (SSSR count). The molecule has 1 aromatic heterocycles. The minimum atomic E-state index is -0.438. The Kier molecular flexibility index (Phi) is 11.1. The van der Waals surface area contributed by atoms with Gasteiger partial charge in [0.1, 0.15) is 0 Å². The number of rotatable bonds is 7. The van der Waals surface area contributed by atoms with Gasteiger partial charge in [-0.15, -0.1) is 0 Å². The van der Waals surface area contributed by atoms with E-state index in [9.17, 15) is 0 Å². The molecule has 0 amide bonds. The maximum absolute atomic E-state index is 5.78. The van der Waals surface area contributed by atoms with E-state index in [4.69, 9.17) is 15.0 Å². The van der Waals surface area contributed by atoms with Gasteiger partial charge in [-0.1, -0.05) is 221 Å². The maximum atomic E-state index is 5.78. The van der Waals surface area contributed by atoms with E-state index in [1.165, 1.54) is 76.6 Å². The van der Waals surface area contributed by atoms with Crippen molar-refractivity contribution in [2.75, 3.05) is 4.90 Å². The molecule has 0 atom stereocenters. The predicted octanol–water partition coefficient (Wildman–Crippen LogP) is 21.2. The molecule has 0 spiro atoms. The highest BCUT2D eigenvalue weighted by Crippen LogP contribution is 2.59. The van der Waals surface area contributed by atoms with Gasteiger partial charge in [-0.25, -0.2) is 4.98 Å². The minimum absolute atomic E-state index is 0.358. The summed E-state index contributed by atoms with van der Waals surface area (Å²) < 4.78 is 0. The van der Waals surface area contributed by atoms with Gasteiger partial charge in [0.2, 0.25) is 5.95 Å². The van der Waals surface area contributed by atoms with Gasteiger partial charge in [0, 0.05) is 22.0 Å². The van der Waals surface area contributed by atoms with Gasteiger partial charge in [-0.05, 0) is 201 Å². The molecule has 0 N–H and O–H groups in total. The highest BCUT2D eigenvalue weighted by molar-refractivity contribution is 6.26. The van der Waals surface area contributed by atoms with E-state index in [-0.39, 0.29) is 5.41 Å². The van der Waals surface area contributed by atoms with Crippen molar-refractivity contribution in [1.29, 1.82) is 0 Å². The normalized spacial score (nSPS) is 13.7. The molecular formula is C80H58N4. The first-order valence-electron chi connectivity index (χ1n) is 29.2. The van der Waals surface area contributed by atoms with Crippen LogP contribution in [-0.2, 0) is 10.8 Å². The molecule has 1 aliphatic carbocycles. The molecule has 0 saturated carbocycles. The van der Waals surface area contributed by atoms with Gasteiger partial charge >= 0.3 is 0 Å². The van der Waals surface area contributed by atoms with Gasteiger partial charge in [-0.2, -0.15) is 9.97 Å². The summed E-state index contributed by atoms with van der Waals surface area (Å²) >= 11 is 0. The highest BCUT2D eigenvalue weighted by Gasteiger charge is 2.44. The van der Waals surface area contributed by atoms with Crippen LogP contribution in [0.4, 0.5) is 17.3 Å². The molecule has 4 heteroatoms. The van der Waals surface area contributed by atoms with Gasteiger partial charge in [0.25, 0.3) is 0 Å². The van der Waals surface area contributed by atoms with Crippen LogP contribution in [0.5, 0.6) is 0 Å². The summed E-state index contributed by atoms with van der Waals surface area (Å²) in [4.78, 5) is 19.6. The summed E-state index contributed by atoms with van der Waals surface area (Å²) in [5, 5.41) is 10.1.